The van der Waals surface area contributed by atoms with E-state index < -0.39 is 167 Å². The molecule has 26 nitrogen and oxygen atoms in total. The Morgan fingerprint density at radius 2 is 1.01 bits per heavy atom. The molecule has 26 heteroatoms. The molecule has 0 aliphatic carbocycles. The number of esters is 1. The molecule has 14 atom stereocenters. The second-order valence-electron chi connectivity index (χ2n) is 27.5. The van der Waals surface area contributed by atoms with Gasteiger partial charge < -0.3 is 70.1 Å². The van der Waals surface area contributed by atoms with Crippen LogP contribution in [-0.4, -0.2) is 252 Å². The van der Waals surface area contributed by atoms with Gasteiger partial charge >= 0.3 is 5.97 Å². The van der Waals surface area contributed by atoms with Gasteiger partial charge in [-0.1, -0.05) is 102 Å². The molecule has 1 aliphatic heterocycles. The molecule has 5 N–H and O–H groups in total. The maximum Gasteiger partial charge on any atom is 0.303 e. The van der Waals surface area contributed by atoms with Gasteiger partial charge in [-0.2, -0.15) is 0 Å². The monoisotopic (exact) mass is 1320 g/mol. The summed E-state index contributed by atoms with van der Waals surface area (Å²) in [5, 5.41) is 20.6. The number of aliphatic hydroxyl groups is 1. The van der Waals surface area contributed by atoms with E-state index in [1.54, 1.807) is 67.5 Å². The Balaban J connectivity index is 4.55. The minimum atomic E-state index is -1.64. The van der Waals surface area contributed by atoms with Crippen LogP contribution in [0.5, 0.6) is 0 Å². The van der Waals surface area contributed by atoms with Gasteiger partial charge in [-0.25, -0.2) is 0 Å². The van der Waals surface area contributed by atoms with Gasteiger partial charge in [0.2, 0.25) is 65.0 Å². The molecule has 0 aromatic heterocycles. The predicted molar refractivity (Wildman–Crippen MR) is 355 cm³/mol. The van der Waals surface area contributed by atoms with Gasteiger partial charge in [-0.3, -0.25) is 57.5 Å². The van der Waals surface area contributed by atoms with Crippen molar-refractivity contribution in [2.45, 2.75) is 236 Å². The summed E-state index contributed by atoms with van der Waals surface area (Å²) < 4.78 is 11.6. The zero-order chi connectivity index (χ0) is 72.0. The SMILES string of the molecule is C/C=C/C[C@@H](C)[C@@H](OC(C)=O)[C@H]1C(=O)N[C@@H](CC)C(=O)N(C)[C@H](C)C(=O)N(C)[C@@H]([C@H](C)COCCO)C(=O)N[C@@H](C(C)C)C(=O)N(C)[C@@H](CCC(C)C)C(=O)N[C@@H](C)C(=O)N[C@H](C)C(=O)N(C)[C@@H](CC(C)C)C(=O)N(C)[C@@H](CC(C)C)C(=O)N(C)[C@@H](C(C)C)C(=O)N1C. The average molecular weight is 1320 g/mol. The van der Waals surface area contributed by atoms with Crippen LogP contribution < -0.4 is 21.3 Å². The highest BCUT2D eigenvalue weighted by Gasteiger charge is 2.47. The summed E-state index contributed by atoms with van der Waals surface area (Å²) in [4.78, 5) is 185. The molecule has 1 saturated heterocycles. The van der Waals surface area contributed by atoms with Crippen LogP contribution in [0.2, 0.25) is 0 Å². The highest BCUT2D eigenvalue weighted by atomic mass is 16.5. The second-order valence-corrected chi connectivity index (χ2v) is 27.5. The number of amides is 11. The van der Waals surface area contributed by atoms with Crippen LogP contribution in [-0.2, 0) is 67.0 Å². The number of carbonyl (C=O) groups excluding carboxylic acids is 12. The van der Waals surface area contributed by atoms with Crippen LogP contribution in [0.15, 0.2) is 12.2 Å². The Hall–Kier alpha value is -6.70. The average Bonchev–Trinajstić information content (AvgIpc) is 0.817. The molecular weight excluding hydrogens is 1200 g/mol. The maximum atomic E-state index is 15.5. The van der Waals surface area contributed by atoms with E-state index >= 15 is 19.2 Å². The van der Waals surface area contributed by atoms with Crippen molar-refractivity contribution >= 4 is 70.9 Å². The molecule has 1 aliphatic rings. The van der Waals surface area contributed by atoms with Gasteiger partial charge in [0.1, 0.15) is 72.6 Å². The summed E-state index contributed by atoms with van der Waals surface area (Å²) in [5.74, 6) is -11.7. The first-order chi connectivity index (χ1) is 43.1. The Morgan fingerprint density at radius 3 is 1.48 bits per heavy atom. The number of nitrogens with zero attached hydrogens (tertiary/aromatic N) is 7. The van der Waals surface area contributed by atoms with E-state index in [1.807, 2.05) is 41.5 Å². The third-order valence-electron chi connectivity index (χ3n) is 17.5. The Bertz CT molecular complexity index is 2560. The van der Waals surface area contributed by atoms with Gasteiger partial charge in [-0.05, 0) is 102 Å². The summed E-state index contributed by atoms with van der Waals surface area (Å²) in [6.07, 6.45) is 3.31. The van der Waals surface area contributed by atoms with Crippen LogP contribution in [0, 0.1) is 41.4 Å². The first-order valence-corrected chi connectivity index (χ1v) is 33.1. The Kier molecular flexibility index (Phi) is 35.6. The fraction of sp³-hybridized carbons (Fsp3) is 0.791. The van der Waals surface area contributed by atoms with E-state index in [0.717, 1.165) is 21.6 Å². The van der Waals surface area contributed by atoms with Crippen molar-refractivity contribution in [2.24, 2.45) is 41.4 Å². The third-order valence-corrected chi connectivity index (χ3v) is 17.5. The zero-order valence-electron chi connectivity index (χ0n) is 60.8. The van der Waals surface area contributed by atoms with E-state index in [9.17, 15) is 43.5 Å². The minimum Gasteiger partial charge on any atom is -0.459 e. The molecule has 0 aromatic carbocycles. The van der Waals surface area contributed by atoms with Crippen molar-refractivity contribution in [2.75, 3.05) is 69.2 Å². The van der Waals surface area contributed by atoms with Crippen LogP contribution in [0.4, 0.5) is 0 Å². The van der Waals surface area contributed by atoms with E-state index in [0.29, 0.717) is 6.42 Å². The quantitative estimate of drug-likeness (QED) is 0.0664. The van der Waals surface area contributed by atoms with Gasteiger partial charge in [0.25, 0.3) is 0 Å². The number of hydrogen-bond acceptors (Lipinski definition) is 15. The number of likely N-dealkylation sites (N-methyl/N-ethyl adjacent to an activating group) is 7. The first-order valence-electron chi connectivity index (χ1n) is 33.1. The lowest BCUT2D eigenvalue weighted by atomic mass is 9.91. The van der Waals surface area contributed by atoms with Gasteiger partial charge in [0.15, 0.2) is 0 Å². The summed E-state index contributed by atoms with van der Waals surface area (Å²) in [6.45, 7) is 29.8. The smallest absolute Gasteiger partial charge is 0.303 e. The van der Waals surface area contributed by atoms with E-state index in [1.165, 1.54) is 89.7 Å². The first kappa shape index (κ1) is 84.3. The van der Waals surface area contributed by atoms with E-state index in [-0.39, 0.29) is 69.7 Å². The minimum absolute atomic E-state index is 0.0455. The second kappa shape index (κ2) is 39.2. The van der Waals surface area contributed by atoms with Gasteiger partial charge in [0, 0.05) is 62.2 Å². The number of ether oxygens (including phenoxy) is 2. The van der Waals surface area contributed by atoms with Crippen LogP contribution >= 0.6 is 0 Å². The van der Waals surface area contributed by atoms with E-state index in [4.69, 9.17) is 9.47 Å². The summed E-state index contributed by atoms with van der Waals surface area (Å²) >= 11 is 0. The van der Waals surface area contributed by atoms with Gasteiger partial charge in [0.05, 0.1) is 19.8 Å². The van der Waals surface area contributed by atoms with Crippen molar-refractivity contribution in [1.29, 1.82) is 0 Å². The van der Waals surface area contributed by atoms with Gasteiger partial charge in [-0.15, -0.1) is 0 Å². The van der Waals surface area contributed by atoms with Crippen molar-refractivity contribution in [3.63, 3.8) is 0 Å². The fourth-order valence-electron chi connectivity index (χ4n) is 11.7. The number of allylic oxidation sites excluding steroid dienone is 2. The highest BCUT2D eigenvalue weighted by molar-refractivity contribution is 6.00. The lowest BCUT2D eigenvalue weighted by Gasteiger charge is -2.42. The van der Waals surface area contributed by atoms with Crippen molar-refractivity contribution in [3.8, 4) is 0 Å². The van der Waals surface area contributed by atoms with Crippen molar-refractivity contribution in [1.82, 2.24) is 55.6 Å². The molecule has 0 unspecified atom stereocenters. The molecule has 0 radical (unpaired) electrons. The van der Waals surface area contributed by atoms with E-state index in [2.05, 4.69) is 21.3 Å². The highest BCUT2D eigenvalue weighted by Crippen LogP contribution is 2.27. The molecular formula is C67H119N11O15. The summed E-state index contributed by atoms with van der Waals surface area (Å²) in [6, 6.07) is -14.4. The number of aliphatic hydroxyl groups excluding tert-OH is 1. The normalized spacial score (nSPS) is 26.6. The summed E-state index contributed by atoms with van der Waals surface area (Å²) in [7, 11) is 9.77. The molecule has 11 amide bonds. The van der Waals surface area contributed by atoms with Crippen LogP contribution in [0.25, 0.3) is 0 Å². The Labute approximate surface area is 555 Å². The number of carbonyl (C=O) groups is 12. The lowest BCUT2D eigenvalue weighted by molar-refractivity contribution is -0.164. The number of hydrogen-bond donors (Lipinski definition) is 5. The largest absolute Gasteiger partial charge is 0.459 e. The molecule has 0 saturated carbocycles. The molecule has 1 heterocycles. The van der Waals surface area contributed by atoms with Crippen molar-refractivity contribution < 1.29 is 72.1 Å². The molecule has 532 valence electrons. The van der Waals surface area contributed by atoms with Crippen molar-refractivity contribution in [3.05, 3.63) is 12.2 Å². The zero-order valence-corrected chi connectivity index (χ0v) is 60.8. The molecule has 0 bridgehead atoms. The lowest BCUT2D eigenvalue weighted by Crippen LogP contribution is -2.64. The standard InChI is InChI=1S/C67H119N11O15/c1-26-28-29-42(13)56(93-47(18)80)55-60(84)70-48(27-2)63(87)72(19)46(17)62(86)77(24)54(43(14)36-92-33-32-79)59(83)71-52(40(9)10)66(90)73(20)49(31-30-37(3)4)58(82)68-44(15)57(81)69-45(16)61(85)74(21)50(34-38(5)6)64(88)75(22)51(35-39(7)8)65(89)76(23)53(41(11)12)67(91)78(55)25/h26,28,37-46,48-56,79H,27,29-36H2,1-25H3,(H,68,82)(H,69,81)(H,70,84)(H,71,83)/b28-26+/t42-,43-,44+,45-,46-,48+,49+,50+,51+,52+,53+,54+,55+,56-/m1/s1. The van der Waals surface area contributed by atoms with Crippen LogP contribution in [0.1, 0.15) is 163 Å². The third kappa shape index (κ3) is 23.9. The topological polar surface area (TPSA) is 314 Å². The fourth-order valence-corrected chi connectivity index (χ4v) is 11.7. The molecule has 93 heavy (non-hydrogen) atoms. The predicted octanol–water partition coefficient (Wildman–Crippen LogP) is 3.22. The molecule has 0 aromatic rings. The number of nitrogens with one attached hydrogen (secondary N) is 4. The maximum absolute atomic E-state index is 15.5. The summed E-state index contributed by atoms with van der Waals surface area (Å²) in [5.41, 5.74) is 0. The Morgan fingerprint density at radius 1 is 0.527 bits per heavy atom. The molecule has 1 rings (SSSR count). The van der Waals surface area contributed by atoms with Crippen LogP contribution in [0.3, 0.4) is 0 Å². The molecule has 0 spiro atoms. The number of rotatable bonds is 20. The molecule has 1 fully saturated rings.